The molecular weight excluding hydrogens is 386 g/mol. The van der Waals surface area contributed by atoms with E-state index in [4.69, 9.17) is 10.5 Å². The highest BCUT2D eigenvalue weighted by atomic mass is 32.2. The number of aromatic nitrogens is 1. The van der Waals surface area contributed by atoms with Crippen molar-refractivity contribution in [3.8, 4) is 5.75 Å². The van der Waals surface area contributed by atoms with Gasteiger partial charge in [0.15, 0.2) is 5.01 Å². The summed E-state index contributed by atoms with van der Waals surface area (Å²) in [5.41, 5.74) is 7.14. The molecule has 0 atom stereocenters. The molecule has 1 fully saturated rings. The minimum absolute atomic E-state index is 0.147. The van der Waals surface area contributed by atoms with E-state index in [0.29, 0.717) is 42.4 Å². The minimum atomic E-state index is -3.52. The standard InChI is InChI=1S/C18H21N3O4S2/c1-11-16(20-18(26-11)17(19)22)12-4-7-21(8-5-12)27(23,24)14-2-3-15-13(10-14)6-9-25-15/h2-3,10,12H,4-9H2,1H3,(H2,19,22). The molecule has 0 radical (unpaired) electrons. The van der Waals surface area contributed by atoms with Crippen molar-refractivity contribution in [3.63, 3.8) is 0 Å². The lowest BCUT2D eigenvalue weighted by atomic mass is 9.94. The van der Waals surface area contributed by atoms with Gasteiger partial charge < -0.3 is 10.5 Å². The lowest BCUT2D eigenvalue weighted by Gasteiger charge is -2.31. The number of nitrogens with zero attached hydrogens (tertiary/aromatic N) is 2. The molecule has 144 valence electrons. The predicted molar refractivity (Wildman–Crippen MR) is 102 cm³/mol. The van der Waals surface area contributed by atoms with E-state index in [0.717, 1.165) is 28.3 Å². The van der Waals surface area contributed by atoms with Gasteiger partial charge in [0.1, 0.15) is 5.75 Å². The number of fused-ring (bicyclic) bond motifs is 1. The lowest BCUT2D eigenvalue weighted by molar-refractivity contribution is 0.0999. The Balaban J connectivity index is 1.49. The van der Waals surface area contributed by atoms with Crippen LogP contribution >= 0.6 is 11.3 Å². The van der Waals surface area contributed by atoms with E-state index >= 15 is 0 Å². The van der Waals surface area contributed by atoms with E-state index in [9.17, 15) is 13.2 Å². The molecule has 0 bridgehead atoms. The topological polar surface area (TPSA) is 103 Å². The van der Waals surface area contributed by atoms with Gasteiger partial charge in [-0.25, -0.2) is 13.4 Å². The summed E-state index contributed by atoms with van der Waals surface area (Å²) in [5, 5.41) is 0.318. The number of primary amides is 1. The average Bonchev–Trinajstić information content (AvgIpc) is 3.27. The van der Waals surface area contributed by atoms with Gasteiger partial charge in [0.2, 0.25) is 10.0 Å². The first kappa shape index (κ1) is 18.4. The highest BCUT2D eigenvalue weighted by Crippen LogP contribution is 2.35. The molecule has 0 aliphatic carbocycles. The molecule has 2 aliphatic heterocycles. The summed E-state index contributed by atoms with van der Waals surface area (Å²) in [6.07, 6.45) is 2.10. The van der Waals surface area contributed by atoms with Gasteiger partial charge in [-0.15, -0.1) is 11.3 Å². The number of ether oxygens (including phenoxy) is 1. The smallest absolute Gasteiger partial charge is 0.277 e. The summed E-state index contributed by atoms with van der Waals surface area (Å²) in [4.78, 5) is 17.0. The molecule has 4 rings (SSSR count). The second kappa shape index (κ2) is 6.88. The van der Waals surface area contributed by atoms with Crippen LogP contribution in [0.4, 0.5) is 0 Å². The van der Waals surface area contributed by atoms with Gasteiger partial charge in [-0.1, -0.05) is 0 Å². The summed E-state index contributed by atoms with van der Waals surface area (Å²) in [5.74, 6) is 0.404. The number of carbonyl (C=O) groups is 1. The van der Waals surface area contributed by atoms with Crippen LogP contribution in [-0.4, -0.2) is 43.3 Å². The van der Waals surface area contributed by atoms with Crippen molar-refractivity contribution in [3.05, 3.63) is 39.3 Å². The normalized spacial score (nSPS) is 18.3. The van der Waals surface area contributed by atoms with Gasteiger partial charge >= 0.3 is 0 Å². The number of piperidine rings is 1. The van der Waals surface area contributed by atoms with Crippen molar-refractivity contribution in [2.45, 2.75) is 37.0 Å². The van der Waals surface area contributed by atoms with Crippen LogP contribution in [0.3, 0.4) is 0 Å². The molecule has 2 aliphatic rings. The third-order valence-electron chi connectivity index (χ3n) is 5.18. The molecule has 1 aromatic heterocycles. The van der Waals surface area contributed by atoms with Crippen molar-refractivity contribution < 1.29 is 17.9 Å². The molecule has 3 heterocycles. The number of carbonyl (C=O) groups excluding carboxylic acids is 1. The number of hydrogen-bond donors (Lipinski definition) is 1. The van der Waals surface area contributed by atoms with Crippen molar-refractivity contribution in [1.29, 1.82) is 0 Å². The van der Waals surface area contributed by atoms with Crippen LogP contribution in [0.1, 0.15) is 44.7 Å². The summed E-state index contributed by atoms with van der Waals surface area (Å²) >= 11 is 1.30. The van der Waals surface area contributed by atoms with Gasteiger partial charge in [-0.05, 0) is 43.5 Å². The number of hydrogen-bond acceptors (Lipinski definition) is 6. The fourth-order valence-electron chi connectivity index (χ4n) is 3.73. The Morgan fingerprint density at radius 2 is 2.07 bits per heavy atom. The van der Waals surface area contributed by atoms with E-state index < -0.39 is 15.9 Å². The van der Waals surface area contributed by atoms with E-state index in [1.54, 1.807) is 18.2 Å². The molecular formula is C18H21N3O4S2. The first-order valence-electron chi connectivity index (χ1n) is 8.89. The molecule has 1 amide bonds. The molecule has 1 saturated heterocycles. The zero-order chi connectivity index (χ0) is 19.2. The van der Waals surface area contributed by atoms with Crippen LogP contribution in [0.2, 0.25) is 0 Å². The maximum atomic E-state index is 13.0. The number of sulfonamides is 1. The SMILES string of the molecule is Cc1sc(C(N)=O)nc1C1CCN(S(=O)(=O)c2ccc3c(c2)CCO3)CC1. The van der Waals surface area contributed by atoms with Crippen molar-refractivity contribution >= 4 is 27.3 Å². The number of amides is 1. The Hall–Kier alpha value is -1.97. The Bertz CT molecular complexity index is 992. The molecule has 1 aromatic carbocycles. The molecule has 7 nitrogen and oxygen atoms in total. The van der Waals surface area contributed by atoms with Gasteiger partial charge in [-0.2, -0.15) is 4.31 Å². The van der Waals surface area contributed by atoms with E-state index in [2.05, 4.69) is 4.98 Å². The zero-order valence-electron chi connectivity index (χ0n) is 15.0. The van der Waals surface area contributed by atoms with Crippen LogP contribution in [-0.2, 0) is 16.4 Å². The molecule has 0 unspecified atom stereocenters. The first-order valence-corrected chi connectivity index (χ1v) is 11.1. The summed E-state index contributed by atoms with van der Waals surface area (Å²) in [6.45, 7) is 3.40. The molecule has 9 heteroatoms. The summed E-state index contributed by atoms with van der Waals surface area (Å²) < 4.78 is 33.0. The number of rotatable bonds is 4. The Kier molecular flexibility index (Phi) is 4.69. The van der Waals surface area contributed by atoms with E-state index in [-0.39, 0.29) is 5.92 Å². The van der Waals surface area contributed by atoms with Crippen molar-refractivity contribution in [1.82, 2.24) is 9.29 Å². The number of thiazole rings is 1. The third-order valence-corrected chi connectivity index (χ3v) is 8.08. The van der Waals surface area contributed by atoms with Crippen LogP contribution in [0.5, 0.6) is 5.75 Å². The van der Waals surface area contributed by atoms with Crippen LogP contribution in [0, 0.1) is 6.92 Å². The zero-order valence-corrected chi connectivity index (χ0v) is 16.6. The minimum Gasteiger partial charge on any atom is -0.493 e. The molecule has 0 saturated carbocycles. The molecule has 2 aromatic rings. The number of benzene rings is 1. The summed E-state index contributed by atoms with van der Waals surface area (Å²) in [7, 11) is -3.52. The van der Waals surface area contributed by atoms with Crippen LogP contribution in [0.25, 0.3) is 0 Å². The van der Waals surface area contributed by atoms with E-state index in [1.165, 1.54) is 15.6 Å². The van der Waals surface area contributed by atoms with Crippen LogP contribution < -0.4 is 10.5 Å². The Morgan fingerprint density at radius 1 is 1.33 bits per heavy atom. The van der Waals surface area contributed by atoms with Crippen molar-refractivity contribution in [2.75, 3.05) is 19.7 Å². The summed E-state index contributed by atoms with van der Waals surface area (Å²) in [6, 6.07) is 5.09. The van der Waals surface area contributed by atoms with Crippen LogP contribution in [0.15, 0.2) is 23.1 Å². The second-order valence-corrected chi connectivity index (χ2v) is 10.0. The van der Waals surface area contributed by atoms with Gasteiger partial charge in [0, 0.05) is 30.3 Å². The monoisotopic (exact) mass is 407 g/mol. The van der Waals surface area contributed by atoms with Gasteiger partial charge in [-0.3, -0.25) is 4.79 Å². The first-order chi connectivity index (χ1) is 12.9. The number of nitrogens with two attached hydrogens (primary N) is 1. The van der Waals surface area contributed by atoms with Gasteiger partial charge in [0.25, 0.3) is 5.91 Å². The molecule has 0 spiro atoms. The quantitative estimate of drug-likeness (QED) is 0.836. The van der Waals surface area contributed by atoms with Crippen molar-refractivity contribution in [2.24, 2.45) is 5.73 Å². The fourth-order valence-corrected chi connectivity index (χ4v) is 6.11. The lowest BCUT2D eigenvalue weighted by Crippen LogP contribution is -2.38. The maximum absolute atomic E-state index is 13.0. The number of aryl methyl sites for hydroxylation is 1. The maximum Gasteiger partial charge on any atom is 0.277 e. The third kappa shape index (κ3) is 3.35. The fraction of sp³-hybridized carbons (Fsp3) is 0.444. The molecule has 2 N–H and O–H groups in total. The van der Waals surface area contributed by atoms with E-state index in [1.807, 2.05) is 6.92 Å². The van der Waals surface area contributed by atoms with Gasteiger partial charge in [0.05, 0.1) is 17.2 Å². The highest BCUT2D eigenvalue weighted by molar-refractivity contribution is 7.89. The Morgan fingerprint density at radius 3 is 2.74 bits per heavy atom. The molecule has 27 heavy (non-hydrogen) atoms. The average molecular weight is 408 g/mol. The highest BCUT2D eigenvalue weighted by Gasteiger charge is 2.32. The largest absolute Gasteiger partial charge is 0.493 e. The second-order valence-electron chi connectivity index (χ2n) is 6.87. The Labute approximate surface area is 162 Å². The predicted octanol–water partition coefficient (Wildman–Crippen LogP) is 2.05.